The van der Waals surface area contributed by atoms with Crippen LogP contribution in [0, 0.1) is 0 Å². The van der Waals surface area contributed by atoms with E-state index >= 15 is 0 Å². The van der Waals surface area contributed by atoms with Gasteiger partial charge in [0.05, 0.1) is 13.7 Å². The molecule has 1 aromatic rings. The zero-order valence-corrected chi connectivity index (χ0v) is 10.0. The van der Waals surface area contributed by atoms with Gasteiger partial charge >= 0.3 is 0 Å². The van der Waals surface area contributed by atoms with E-state index in [-0.39, 0.29) is 30.4 Å². The van der Waals surface area contributed by atoms with Gasteiger partial charge in [-0.05, 0) is 19.1 Å². The van der Waals surface area contributed by atoms with Gasteiger partial charge in [-0.2, -0.15) is 0 Å². The number of nitrogens with zero attached hydrogens (tertiary/aromatic N) is 1. The Balaban J connectivity index is 3.09. The lowest BCUT2D eigenvalue weighted by Gasteiger charge is -2.21. The van der Waals surface area contributed by atoms with Gasteiger partial charge in [0, 0.05) is 13.1 Å². The molecular weight excluding hydrogens is 222 g/mol. The molecule has 5 heteroatoms. The average Bonchev–Trinajstić information content (AvgIpc) is 2.34. The number of aliphatic hydroxyl groups is 1. The molecule has 0 unspecified atom stereocenters. The van der Waals surface area contributed by atoms with E-state index in [2.05, 4.69) is 0 Å². The van der Waals surface area contributed by atoms with Crippen LogP contribution in [-0.4, -0.2) is 47.8 Å². The smallest absolute Gasteiger partial charge is 0.261 e. The minimum Gasteiger partial charge on any atom is -0.507 e. The van der Waals surface area contributed by atoms with Crippen molar-refractivity contribution in [3.8, 4) is 11.5 Å². The number of carbonyl (C=O) groups is 1. The molecule has 0 aromatic heterocycles. The fourth-order valence-electron chi connectivity index (χ4n) is 1.59. The predicted octanol–water partition coefficient (Wildman–Crippen LogP) is 0.855. The van der Waals surface area contributed by atoms with E-state index in [0.717, 1.165) is 0 Å². The summed E-state index contributed by atoms with van der Waals surface area (Å²) in [5.41, 5.74) is 0.130. The van der Waals surface area contributed by atoms with Crippen molar-refractivity contribution in [3.05, 3.63) is 23.8 Å². The third kappa shape index (κ3) is 2.88. The fourth-order valence-corrected chi connectivity index (χ4v) is 1.59. The molecule has 0 bridgehead atoms. The van der Waals surface area contributed by atoms with Crippen LogP contribution in [0.2, 0.25) is 0 Å². The van der Waals surface area contributed by atoms with Crippen molar-refractivity contribution in [2.45, 2.75) is 6.92 Å². The number of likely N-dealkylation sites (N-methyl/N-ethyl adjacent to an activating group) is 1. The van der Waals surface area contributed by atoms with Crippen LogP contribution in [0.4, 0.5) is 0 Å². The van der Waals surface area contributed by atoms with Gasteiger partial charge in [0.2, 0.25) is 0 Å². The number of aromatic hydroxyl groups is 1. The Bertz CT molecular complexity index is 392. The fraction of sp³-hybridized carbons (Fsp3) is 0.417. The number of aliphatic hydroxyl groups excluding tert-OH is 1. The number of rotatable bonds is 5. The Labute approximate surface area is 100 Å². The summed E-state index contributed by atoms with van der Waals surface area (Å²) in [4.78, 5) is 13.6. The van der Waals surface area contributed by atoms with E-state index in [0.29, 0.717) is 12.3 Å². The number of ether oxygens (including phenoxy) is 1. The van der Waals surface area contributed by atoms with E-state index in [4.69, 9.17) is 9.84 Å². The minimum absolute atomic E-state index is 0.116. The number of methoxy groups -OCH3 is 1. The van der Waals surface area contributed by atoms with E-state index in [1.54, 1.807) is 19.1 Å². The molecule has 0 saturated carbocycles. The van der Waals surface area contributed by atoms with E-state index in [1.165, 1.54) is 18.1 Å². The van der Waals surface area contributed by atoms with Crippen LogP contribution in [0.1, 0.15) is 17.3 Å². The molecule has 0 spiro atoms. The molecular formula is C12H17NO4. The minimum atomic E-state index is -0.350. The molecule has 2 N–H and O–H groups in total. The maximum atomic E-state index is 12.1. The van der Waals surface area contributed by atoms with Crippen LogP contribution in [0.5, 0.6) is 11.5 Å². The van der Waals surface area contributed by atoms with Gasteiger partial charge in [-0.3, -0.25) is 4.79 Å². The number of phenolic OH excluding ortho intramolecular Hbond substituents is 1. The third-order valence-electron chi connectivity index (χ3n) is 2.48. The molecule has 0 aliphatic carbocycles. The highest BCUT2D eigenvalue weighted by Gasteiger charge is 2.21. The molecule has 0 radical (unpaired) electrons. The van der Waals surface area contributed by atoms with Crippen LogP contribution in [0.25, 0.3) is 0 Å². The molecule has 5 nitrogen and oxygen atoms in total. The standard InChI is InChI=1S/C12H17NO4/c1-3-13(7-8-14)12(16)11-9(15)5-4-6-10(11)17-2/h4-6,14-15H,3,7-8H2,1-2H3. The second kappa shape index (κ2) is 6.10. The Morgan fingerprint density at radius 3 is 2.71 bits per heavy atom. The van der Waals surface area contributed by atoms with Crippen LogP contribution in [0.15, 0.2) is 18.2 Å². The predicted molar refractivity (Wildman–Crippen MR) is 63.3 cm³/mol. The maximum absolute atomic E-state index is 12.1. The van der Waals surface area contributed by atoms with Crippen LogP contribution in [0.3, 0.4) is 0 Å². The van der Waals surface area contributed by atoms with E-state index in [1.807, 2.05) is 0 Å². The van der Waals surface area contributed by atoms with Gasteiger partial charge in [0.25, 0.3) is 5.91 Å². The lowest BCUT2D eigenvalue weighted by molar-refractivity contribution is 0.0725. The van der Waals surface area contributed by atoms with Crippen molar-refractivity contribution in [1.29, 1.82) is 0 Å². The van der Waals surface area contributed by atoms with Crippen molar-refractivity contribution in [3.63, 3.8) is 0 Å². The molecule has 0 aliphatic heterocycles. The summed E-state index contributed by atoms with van der Waals surface area (Å²) in [5.74, 6) is -0.145. The average molecular weight is 239 g/mol. The largest absolute Gasteiger partial charge is 0.507 e. The maximum Gasteiger partial charge on any atom is 0.261 e. The first-order valence-corrected chi connectivity index (χ1v) is 5.41. The molecule has 1 aromatic carbocycles. The van der Waals surface area contributed by atoms with Gasteiger partial charge in [-0.15, -0.1) is 0 Å². The normalized spacial score (nSPS) is 10.1. The first kappa shape index (κ1) is 13.3. The van der Waals surface area contributed by atoms with Gasteiger partial charge in [-0.25, -0.2) is 0 Å². The summed E-state index contributed by atoms with van der Waals surface area (Å²) in [7, 11) is 1.44. The quantitative estimate of drug-likeness (QED) is 0.799. The van der Waals surface area contributed by atoms with Gasteiger partial charge in [-0.1, -0.05) is 6.07 Å². The van der Waals surface area contributed by atoms with Crippen LogP contribution >= 0.6 is 0 Å². The second-order valence-electron chi connectivity index (χ2n) is 3.46. The number of hydrogen-bond donors (Lipinski definition) is 2. The summed E-state index contributed by atoms with van der Waals surface area (Å²) in [5, 5.41) is 18.6. The number of hydrogen-bond acceptors (Lipinski definition) is 4. The summed E-state index contributed by atoms with van der Waals surface area (Å²) in [6.45, 7) is 2.37. The van der Waals surface area contributed by atoms with Gasteiger partial charge in [0.1, 0.15) is 17.1 Å². The SMILES string of the molecule is CCN(CCO)C(=O)c1c(O)cccc1OC. The summed E-state index contributed by atoms with van der Waals surface area (Å²) in [6, 6.07) is 4.65. The van der Waals surface area contributed by atoms with Crippen LogP contribution < -0.4 is 4.74 Å². The topological polar surface area (TPSA) is 70.0 Å². The van der Waals surface area contributed by atoms with Gasteiger partial charge in [0.15, 0.2) is 0 Å². The van der Waals surface area contributed by atoms with E-state index < -0.39 is 0 Å². The lowest BCUT2D eigenvalue weighted by atomic mass is 10.1. The zero-order chi connectivity index (χ0) is 12.8. The highest BCUT2D eigenvalue weighted by Crippen LogP contribution is 2.28. The first-order valence-electron chi connectivity index (χ1n) is 5.41. The van der Waals surface area contributed by atoms with Gasteiger partial charge < -0.3 is 19.8 Å². The monoisotopic (exact) mass is 239 g/mol. The third-order valence-corrected chi connectivity index (χ3v) is 2.48. The highest BCUT2D eigenvalue weighted by atomic mass is 16.5. The molecule has 1 amide bonds. The van der Waals surface area contributed by atoms with Crippen molar-refractivity contribution >= 4 is 5.91 Å². The highest BCUT2D eigenvalue weighted by molar-refractivity contribution is 5.99. The van der Waals surface area contributed by atoms with Crippen molar-refractivity contribution in [1.82, 2.24) is 4.90 Å². The molecule has 0 atom stereocenters. The Hall–Kier alpha value is -1.75. The van der Waals surface area contributed by atoms with Crippen molar-refractivity contribution < 1.29 is 19.7 Å². The van der Waals surface area contributed by atoms with Crippen molar-refractivity contribution in [2.75, 3.05) is 26.8 Å². The zero-order valence-electron chi connectivity index (χ0n) is 10.0. The van der Waals surface area contributed by atoms with Crippen LogP contribution in [-0.2, 0) is 0 Å². The Kier molecular flexibility index (Phi) is 4.78. The molecule has 94 valence electrons. The molecule has 0 saturated heterocycles. The summed E-state index contributed by atoms with van der Waals surface area (Å²) in [6.07, 6.45) is 0. The summed E-state index contributed by atoms with van der Waals surface area (Å²) < 4.78 is 5.05. The molecule has 17 heavy (non-hydrogen) atoms. The Morgan fingerprint density at radius 2 is 2.18 bits per heavy atom. The number of benzene rings is 1. The molecule has 0 aliphatic rings. The number of phenols is 1. The van der Waals surface area contributed by atoms with Crippen molar-refractivity contribution in [2.24, 2.45) is 0 Å². The second-order valence-corrected chi connectivity index (χ2v) is 3.46. The number of amides is 1. The molecule has 0 heterocycles. The molecule has 1 rings (SSSR count). The lowest BCUT2D eigenvalue weighted by Crippen LogP contribution is -2.33. The van der Waals surface area contributed by atoms with E-state index in [9.17, 15) is 9.90 Å². The summed E-state index contributed by atoms with van der Waals surface area (Å²) >= 11 is 0. The number of carbonyl (C=O) groups excluding carboxylic acids is 1. The Morgan fingerprint density at radius 1 is 1.47 bits per heavy atom. The first-order chi connectivity index (χ1) is 8.15. The molecule has 0 fully saturated rings.